The van der Waals surface area contributed by atoms with Gasteiger partial charge in [-0.3, -0.25) is 0 Å². The minimum absolute atomic E-state index is 0.151. The lowest BCUT2D eigenvalue weighted by Gasteiger charge is -2.13. The van der Waals surface area contributed by atoms with Crippen molar-refractivity contribution in [2.24, 2.45) is 0 Å². The Morgan fingerprint density at radius 3 is 2.63 bits per heavy atom. The van der Waals surface area contributed by atoms with Gasteiger partial charge in [-0.25, -0.2) is 4.39 Å². The number of aryl methyl sites for hydroxylation is 1. The van der Waals surface area contributed by atoms with Gasteiger partial charge in [-0.2, -0.15) is 0 Å². The summed E-state index contributed by atoms with van der Waals surface area (Å²) >= 11 is 11.6. The van der Waals surface area contributed by atoms with E-state index in [1.807, 2.05) is 25.1 Å². The van der Waals surface area contributed by atoms with Crippen molar-refractivity contribution >= 4 is 23.2 Å². The minimum Gasteiger partial charge on any atom is -0.488 e. The standard InChI is InChI=1S/C15H13Cl2FO/c1-10-3-2-4-11(8-16)15(10)19-9-12-5-6-13(17)7-14(12)18/h2-7H,8-9H2,1H3. The highest BCUT2D eigenvalue weighted by molar-refractivity contribution is 6.30. The number of benzene rings is 2. The summed E-state index contributed by atoms with van der Waals surface area (Å²) in [6.07, 6.45) is 0. The lowest BCUT2D eigenvalue weighted by Crippen LogP contribution is -2.01. The van der Waals surface area contributed by atoms with Crippen LogP contribution in [0.15, 0.2) is 36.4 Å². The monoisotopic (exact) mass is 298 g/mol. The fraction of sp³-hybridized carbons (Fsp3) is 0.200. The van der Waals surface area contributed by atoms with Crippen LogP contribution in [0.2, 0.25) is 5.02 Å². The molecule has 0 aliphatic rings. The predicted octanol–water partition coefficient (Wildman–Crippen LogP) is 5.11. The van der Waals surface area contributed by atoms with E-state index in [4.69, 9.17) is 27.9 Å². The molecular weight excluding hydrogens is 286 g/mol. The summed E-state index contributed by atoms with van der Waals surface area (Å²) in [6.45, 7) is 2.08. The lowest BCUT2D eigenvalue weighted by atomic mass is 10.1. The Hall–Kier alpha value is -1.25. The van der Waals surface area contributed by atoms with Crippen LogP contribution in [0.5, 0.6) is 5.75 Å². The summed E-state index contributed by atoms with van der Waals surface area (Å²) in [4.78, 5) is 0. The quantitative estimate of drug-likeness (QED) is 0.713. The highest BCUT2D eigenvalue weighted by Gasteiger charge is 2.08. The summed E-state index contributed by atoms with van der Waals surface area (Å²) in [6, 6.07) is 10.3. The topological polar surface area (TPSA) is 9.23 Å². The molecule has 0 amide bonds. The molecule has 0 saturated heterocycles. The van der Waals surface area contributed by atoms with Crippen molar-refractivity contribution in [2.45, 2.75) is 19.4 Å². The van der Waals surface area contributed by atoms with Crippen LogP contribution in [0, 0.1) is 12.7 Å². The van der Waals surface area contributed by atoms with E-state index in [0.717, 1.165) is 11.1 Å². The van der Waals surface area contributed by atoms with Gasteiger partial charge in [0.05, 0.1) is 5.88 Å². The SMILES string of the molecule is Cc1cccc(CCl)c1OCc1ccc(Cl)cc1F. The number of alkyl halides is 1. The minimum atomic E-state index is -0.367. The fourth-order valence-electron chi connectivity index (χ4n) is 1.81. The van der Waals surface area contributed by atoms with Gasteiger partial charge >= 0.3 is 0 Å². The van der Waals surface area contributed by atoms with Gasteiger partial charge in [0.15, 0.2) is 0 Å². The van der Waals surface area contributed by atoms with Crippen LogP contribution >= 0.6 is 23.2 Å². The summed E-state index contributed by atoms with van der Waals surface area (Å²) in [5.41, 5.74) is 2.34. The van der Waals surface area contributed by atoms with E-state index in [0.29, 0.717) is 22.2 Å². The highest BCUT2D eigenvalue weighted by Crippen LogP contribution is 2.26. The Morgan fingerprint density at radius 1 is 1.16 bits per heavy atom. The summed E-state index contributed by atoms with van der Waals surface area (Å²) in [5.74, 6) is 0.709. The molecule has 0 fully saturated rings. The summed E-state index contributed by atoms with van der Waals surface area (Å²) in [7, 11) is 0. The molecule has 0 radical (unpaired) electrons. The molecule has 1 nitrogen and oxygen atoms in total. The van der Waals surface area contributed by atoms with Crippen LogP contribution < -0.4 is 4.74 Å². The van der Waals surface area contributed by atoms with Gasteiger partial charge in [0.2, 0.25) is 0 Å². The second kappa shape index (κ2) is 6.27. The van der Waals surface area contributed by atoms with Crippen molar-refractivity contribution in [3.8, 4) is 5.75 Å². The molecule has 0 N–H and O–H groups in total. The Balaban J connectivity index is 2.19. The maximum absolute atomic E-state index is 13.6. The molecule has 2 rings (SSSR count). The van der Waals surface area contributed by atoms with Gasteiger partial charge in [-0.05, 0) is 24.6 Å². The largest absolute Gasteiger partial charge is 0.488 e. The maximum Gasteiger partial charge on any atom is 0.131 e. The van der Waals surface area contributed by atoms with Gasteiger partial charge < -0.3 is 4.74 Å². The predicted molar refractivity (Wildman–Crippen MR) is 76.5 cm³/mol. The molecule has 19 heavy (non-hydrogen) atoms. The summed E-state index contributed by atoms with van der Waals surface area (Å²) < 4.78 is 19.3. The second-order valence-corrected chi connectivity index (χ2v) is 4.92. The van der Waals surface area contributed by atoms with Gasteiger partial charge in [0, 0.05) is 16.1 Å². The molecule has 0 aliphatic carbocycles. The van der Waals surface area contributed by atoms with E-state index in [1.165, 1.54) is 6.07 Å². The number of hydrogen-bond acceptors (Lipinski definition) is 1. The Kier molecular flexibility index (Phi) is 4.67. The number of rotatable bonds is 4. The van der Waals surface area contributed by atoms with Crippen LogP contribution in [0.4, 0.5) is 4.39 Å². The van der Waals surface area contributed by atoms with E-state index in [-0.39, 0.29) is 12.4 Å². The second-order valence-electron chi connectivity index (χ2n) is 4.22. The first-order valence-corrected chi connectivity index (χ1v) is 6.74. The number of halogens is 3. The van der Waals surface area contributed by atoms with Crippen molar-refractivity contribution in [2.75, 3.05) is 0 Å². The lowest BCUT2D eigenvalue weighted by molar-refractivity contribution is 0.295. The first kappa shape index (κ1) is 14.2. The van der Waals surface area contributed by atoms with Crippen molar-refractivity contribution in [1.29, 1.82) is 0 Å². The third-order valence-electron chi connectivity index (χ3n) is 2.82. The first-order valence-electron chi connectivity index (χ1n) is 5.83. The molecule has 0 spiro atoms. The van der Waals surface area contributed by atoms with E-state index in [9.17, 15) is 4.39 Å². The number of para-hydroxylation sites is 1. The zero-order chi connectivity index (χ0) is 13.8. The van der Waals surface area contributed by atoms with Crippen LogP contribution in [0.3, 0.4) is 0 Å². The van der Waals surface area contributed by atoms with Gasteiger partial charge in [-0.1, -0.05) is 35.9 Å². The Labute approximate surface area is 121 Å². The third-order valence-corrected chi connectivity index (χ3v) is 3.35. The van der Waals surface area contributed by atoms with Crippen LogP contribution in [0.1, 0.15) is 16.7 Å². The van der Waals surface area contributed by atoms with Gasteiger partial charge in [-0.15, -0.1) is 11.6 Å². The van der Waals surface area contributed by atoms with Gasteiger partial charge in [0.25, 0.3) is 0 Å². The number of ether oxygens (including phenoxy) is 1. The first-order chi connectivity index (χ1) is 9.11. The molecule has 2 aromatic rings. The Morgan fingerprint density at radius 2 is 1.95 bits per heavy atom. The van der Waals surface area contributed by atoms with Crippen molar-refractivity contribution in [3.63, 3.8) is 0 Å². The zero-order valence-corrected chi connectivity index (χ0v) is 11.9. The average molecular weight is 299 g/mol. The molecule has 2 aromatic carbocycles. The van der Waals surface area contributed by atoms with Crippen molar-refractivity contribution in [1.82, 2.24) is 0 Å². The van der Waals surface area contributed by atoms with E-state index >= 15 is 0 Å². The zero-order valence-electron chi connectivity index (χ0n) is 10.4. The maximum atomic E-state index is 13.6. The van der Waals surface area contributed by atoms with E-state index < -0.39 is 0 Å². The molecule has 0 heterocycles. The average Bonchev–Trinajstić information content (AvgIpc) is 2.39. The van der Waals surface area contributed by atoms with E-state index in [1.54, 1.807) is 12.1 Å². The molecule has 0 atom stereocenters. The molecule has 4 heteroatoms. The molecule has 0 aliphatic heterocycles. The smallest absolute Gasteiger partial charge is 0.131 e. The molecular formula is C15H13Cl2FO. The normalized spacial score (nSPS) is 10.5. The molecule has 0 saturated carbocycles. The van der Waals surface area contributed by atoms with Crippen molar-refractivity contribution in [3.05, 3.63) is 63.9 Å². The van der Waals surface area contributed by atoms with Crippen molar-refractivity contribution < 1.29 is 9.13 Å². The van der Waals surface area contributed by atoms with Crippen LogP contribution in [0.25, 0.3) is 0 Å². The molecule has 0 bridgehead atoms. The number of hydrogen-bond donors (Lipinski definition) is 0. The van der Waals surface area contributed by atoms with Crippen LogP contribution in [-0.2, 0) is 12.5 Å². The molecule has 0 unspecified atom stereocenters. The highest BCUT2D eigenvalue weighted by atomic mass is 35.5. The fourth-order valence-corrected chi connectivity index (χ4v) is 2.18. The van der Waals surface area contributed by atoms with Crippen LogP contribution in [-0.4, -0.2) is 0 Å². The van der Waals surface area contributed by atoms with Gasteiger partial charge in [0.1, 0.15) is 18.2 Å². The van der Waals surface area contributed by atoms with E-state index in [2.05, 4.69) is 0 Å². The summed E-state index contributed by atoms with van der Waals surface area (Å²) in [5, 5.41) is 0.374. The molecule has 0 aromatic heterocycles. The third kappa shape index (κ3) is 3.40. The molecule has 100 valence electrons. The Bertz CT molecular complexity index is 584.